The van der Waals surface area contributed by atoms with Crippen LogP contribution in [0.5, 0.6) is 5.75 Å². The Balaban J connectivity index is 1.63. The maximum absolute atomic E-state index is 12.4. The third-order valence-corrected chi connectivity index (χ3v) is 4.57. The Kier molecular flexibility index (Phi) is 4.08. The third kappa shape index (κ3) is 3.63. The number of fused-ring (bicyclic) bond motifs is 3. The summed E-state index contributed by atoms with van der Waals surface area (Å²) in [5.41, 5.74) is 2.00. The molecule has 1 aromatic heterocycles. The summed E-state index contributed by atoms with van der Waals surface area (Å²) in [6.07, 6.45) is 1.04. The number of ether oxygens (including phenoxy) is 1. The Morgan fingerprint density at radius 2 is 1.70 bits per heavy atom. The van der Waals surface area contributed by atoms with Crippen molar-refractivity contribution in [2.24, 2.45) is 0 Å². The summed E-state index contributed by atoms with van der Waals surface area (Å²) < 4.78 is 36.2. The van der Waals surface area contributed by atoms with Crippen molar-refractivity contribution in [3.63, 3.8) is 0 Å². The number of anilines is 1. The van der Waals surface area contributed by atoms with E-state index in [1.165, 1.54) is 6.07 Å². The van der Waals surface area contributed by atoms with Gasteiger partial charge in [0.05, 0.1) is 11.8 Å². The van der Waals surface area contributed by atoms with Crippen LogP contribution < -0.4 is 9.46 Å². The lowest BCUT2D eigenvalue weighted by Gasteiger charge is -2.07. The topological polar surface area (TPSA) is 85.6 Å². The van der Waals surface area contributed by atoms with E-state index in [9.17, 15) is 13.2 Å². The van der Waals surface area contributed by atoms with E-state index < -0.39 is 16.0 Å². The average molecular weight is 381 g/mol. The molecule has 0 radical (unpaired) electrons. The number of sulfonamides is 1. The molecule has 27 heavy (non-hydrogen) atoms. The van der Waals surface area contributed by atoms with Crippen molar-refractivity contribution in [1.29, 1.82) is 0 Å². The summed E-state index contributed by atoms with van der Waals surface area (Å²) >= 11 is 0. The number of para-hydroxylation sites is 1. The molecular weight excluding hydrogens is 366 g/mol. The first-order valence-electron chi connectivity index (χ1n) is 8.10. The molecule has 4 rings (SSSR count). The van der Waals surface area contributed by atoms with Gasteiger partial charge in [0.25, 0.3) is 0 Å². The number of carbonyl (C=O) groups is 1. The van der Waals surface area contributed by atoms with E-state index in [1.54, 1.807) is 36.4 Å². The molecule has 0 aliphatic heterocycles. The van der Waals surface area contributed by atoms with Crippen LogP contribution in [0.15, 0.2) is 71.1 Å². The van der Waals surface area contributed by atoms with E-state index in [1.807, 2.05) is 24.3 Å². The highest BCUT2D eigenvalue weighted by molar-refractivity contribution is 7.92. The molecule has 3 aromatic carbocycles. The van der Waals surface area contributed by atoms with Crippen LogP contribution in [0.4, 0.5) is 5.69 Å². The van der Waals surface area contributed by atoms with Crippen LogP contribution in [-0.2, 0) is 10.0 Å². The molecule has 136 valence electrons. The fourth-order valence-corrected chi connectivity index (χ4v) is 3.41. The van der Waals surface area contributed by atoms with Crippen molar-refractivity contribution in [3.05, 3.63) is 72.3 Å². The number of benzene rings is 3. The lowest BCUT2D eigenvalue weighted by atomic mass is 10.1. The molecule has 0 saturated heterocycles. The summed E-state index contributed by atoms with van der Waals surface area (Å²) in [4.78, 5) is 12.4. The maximum Gasteiger partial charge on any atom is 0.343 e. The number of carbonyl (C=O) groups excluding carboxylic acids is 1. The van der Waals surface area contributed by atoms with Crippen molar-refractivity contribution in [1.82, 2.24) is 0 Å². The van der Waals surface area contributed by atoms with E-state index in [4.69, 9.17) is 9.15 Å². The third-order valence-electron chi connectivity index (χ3n) is 3.96. The smallest absolute Gasteiger partial charge is 0.343 e. The van der Waals surface area contributed by atoms with Crippen LogP contribution in [0, 0.1) is 0 Å². The first-order chi connectivity index (χ1) is 12.9. The zero-order chi connectivity index (χ0) is 19.0. The highest BCUT2D eigenvalue weighted by Gasteiger charge is 2.13. The van der Waals surface area contributed by atoms with Gasteiger partial charge >= 0.3 is 5.97 Å². The lowest BCUT2D eigenvalue weighted by Crippen LogP contribution is -2.12. The molecule has 0 aliphatic rings. The minimum absolute atomic E-state index is 0.237. The van der Waals surface area contributed by atoms with Crippen LogP contribution in [-0.4, -0.2) is 20.6 Å². The van der Waals surface area contributed by atoms with Crippen molar-refractivity contribution in [2.75, 3.05) is 11.0 Å². The van der Waals surface area contributed by atoms with Crippen LogP contribution in [0.3, 0.4) is 0 Å². The molecule has 0 bridgehead atoms. The second-order valence-electron chi connectivity index (χ2n) is 6.10. The summed E-state index contributed by atoms with van der Waals surface area (Å²) in [6, 6.07) is 18.9. The monoisotopic (exact) mass is 381 g/mol. The Morgan fingerprint density at radius 3 is 2.52 bits per heavy atom. The second-order valence-corrected chi connectivity index (χ2v) is 7.85. The van der Waals surface area contributed by atoms with Crippen LogP contribution in [0.2, 0.25) is 0 Å². The van der Waals surface area contributed by atoms with Gasteiger partial charge in [-0.05, 0) is 42.5 Å². The fourth-order valence-electron chi connectivity index (χ4n) is 2.86. The maximum atomic E-state index is 12.4. The molecule has 1 heterocycles. The number of hydrogen-bond donors (Lipinski definition) is 1. The zero-order valence-electron chi connectivity index (χ0n) is 14.3. The molecule has 1 N–H and O–H groups in total. The first-order valence-corrected chi connectivity index (χ1v) is 9.99. The molecule has 0 fully saturated rings. The van der Waals surface area contributed by atoms with E-state index in [-0.39, 0.29) is 5.56 Å². The number of rotatable bonds is 4. The number of furan rings is 1. The van der Waals surface area contributed by atoms with Crippen molar-refractivity contribution in [2.45, 2.75) is 0 Å². The van der Waals surface area contributed by atoms with Gasteiger partial charge in [-0.25, -0.2) is 13.2 Å². The van der Waals surface area contributed by atoms with Gasteiger partial charge in [0, 0.05) is 16.5 Å². The van der Waals surface area contributed by atoms with Gasteiger partial charge in [-0.1, -0.05) is 24.3 Å². The van der Waals surface area contributed by atoms with Crippen LogP contribution in [0.1, 0.15) is 10.4 Å². The summed E-state index contributed by atoms with van der Waals surface area (Å²) in [7, 11) is -3.43. The molecule has 0 amide bonds. The quantitative estimate of drug-likeness (QED) is 0.423. The minimum Gasteiger partial charge on any atom is -0.456 e. The molecule has 0 saturated carbocycles. The highest BCUT2D eigenvalue weighted by Crippen LogP contribution is 2.31. The molecule has 0 unspecified atom stereocenters. The van der Waals surface area contributed by atoms with Crippen molar-refractivity contribution >= 4 is 43.6 Å². The molecule has 7 heteroatoms. The molecule has 6 nitrogen and oxygen atoms in total. The fraction of sp³-hybridized carbons (Fsp3) is 0.0500. The Morgan fingerprint density at radius 1 is 0.926 bits per heavy atom. The SMILES string of the molecule is CS(=O)(=O)Nc1cccc(C(=O)Oc2ccc3oc4ccccc4c3c2)c1. The first kappa shape index (κ1) is 17.1. The van der Waals surface area contributed by atoms with Crippen molar-refractivity contribution < 1.29 is 22.4 Å². The van der Waals surface area contributed by atoms with Gasteiger partial charge in [0.1, 0.15) is 16.9 Å². The predicted molar refractivity (Wildman–Crippen MR) is 104 cm³/mol. The Hall–Kier alpha value is -3.32. The molecule has 0 atom stereocenters. The second kappa shape index (κ2) is 6.44. The normalized spacial score (nSPS) is 11.6. The summed E-state index contributed by atoms with van der Waals surface area (Å²) in [5.74, 6) is -0.208. The van der Waals surface area contributed by atoms with Crippen molar-refractivity contribution in [3.8, 4) is 5.75 Å². The van der Waals surface area contributed by atoms with Crippen LogP contribution >= 0.6 is 0 Å². The van der Waals surface area contributed by atoms with E-state index in [0.29, 0.717) is 17.0 Å². The Labute approximate surface area is 155 Å². The largest absolute Gasteiger partial charge is 0.456 e. The van der Waals surface area contributed by atoms with E-state index >= 15 is 0 Å². The van der Waals surface area contributed by atoms with Gasteiger partial charge in [0.15, 0.2) is 0 Å². The minimum atomic E-state index is -3.43. The molecule has 0 aliphatic carbocycles. The number of esters is 1. The Bertz CT molecular complexity index is 1270. The summed E-state index contributed by atoms with van der Waals surface area (Å²) in [6.45, 7) is 0. The van der Waals surface area contributed by atoms with Crippen LogP contribution in [0.25, 0.3) is 21.9 Å². The van der Waals surface area contributed by atoms with Gasteiger partial charge in [-0.15, -0.1) is 0 Å². The number of hydrogen-bond acceptors (Lipinski definition) is 5. The number of nitrogens with one attached hydrogen (secondary N) is 1. The molecule has 4 aromatic rings. The highest BCUT2D eigenvalue weighted by atomic mass is 32.2. The standard InChI is InChI=1S/C20H15NO5S/c1-27(23,24)21-14-6-4-5-13(11-14)20(22)25-15-9-10-19-17(12-15)16-7-2-3-8-18(16)26-19/h2-12,21H,1H3. The van der Waals surface area contributed by atoms with Gasteiger partial charge < -0.3 is 9.15 Å². The molecule has 0 spiro atoms. The van der Waals surface area contributed by atoms with Gasteiger partial charge in [-0.3, -0.25) is 4.72 Å². The molecular formula is C20H15NO5S. The van der Waals surface area contributed by atoms with Gasteiger partial charge in [-0.2, -0.15) is 0 Å². The van der Waals surface area contributed by atoms with Gasteiger partial charge in [0.2, 0.25) is 10.0 Å². The zero-order valence-corrected chi connectivity index (χ0v) is 15.1. The lowest BCUT2D eigenvalue weighted by molar-refractivity contribution is 0.0735. The summed E-state index contributed by atoms with van der Waals surface area (Å²) in [5, 5.41) is 1.79. The average Bonchev–Trinajstić information content (AvgIpc) is 2.98. The van der Waals surface area contributed by atoms with E-state index in [2.05, 4.69) is 4.72 Å². The predicted octanol–water partition coefficient (Wildman–Crippen LogP) is 4.18. The van der Waals surface area contributed by atoms with E-state index in [0.717, 1.165) is 22.6 Å².